The molecule has 1 rings (SSSR count). The second kappa shape index (κ2) is 17.2. The van der Waals surface area contributed by atoms with E-state index in [0.29, 0.717) is 25.0 Å². The summed E-state index contributed by atoms with van der Waals surface area (Å²) < 4.78 is 10.5. The topological polar surface area (TPSA) is 69.7 Å². The van der Waals surface area contributed by atoms with E-state index in [1.165, 1.54) is 50.0 Å². The molecule has 0 saturated carbocycles. The molecule has 28 heavy (non-hydrogen) atoms. The summed E-state index contributed by atoms with van der Waals surface area (Å²) >= 11 is 0. The molecule has 5 nitrogen and oxygen atoms in total. The van der Waals surface area contributed by atoms with Crippen LogP contribution in [0.25, 0.3) is 0 Å². The predicted octanol–water partition coefficient (Wildman–Crippen LogP) is 5.82. The van der Waals surface area contributed by atoms with Gasteiger partial charge < -0.3 is 9.47 Å². The zero-order valence-corrected chi connectivity index (χ0v) is 18.1. The highest BCUT2D eigenvalue weighted by Gasteiger charge is 2.13. The highest BCUT2D eigenvalue weighted by atomic mass is 16.7. The van der Waals surface area contributed by atoms with Gasteiger partial charge in [0.15, 0.2) is 11.6 Å². The second-order valence-electron chi connectivity index (χ2n) is 7.18. The summed E-state index contributed by atoms with van der Waals surface area (Å²) in [7, 11) is 0. The van der Waals surface area contributed by atoms with Gasteiger partial charge in [0.1, 0.15) is 0 Å². The molecule has 2 unspecified atom stereocenters. The summed E-state index contributed by atoms with van der Waals surface area (Å²) in [5.41, 5.74) is 0. The van der Waals surface area contributed by atoms with Crippen molar-refractivity contribution < 1.29 is 23.9 Å². The summed E-state index contributed by atoms with van der Waals surface area (Å²) in [5.74, 6) is 0.711. The van der Waals surface area contributed by atoms with Crippen LogP contribution in [-0.2, 0) is 19.1 Å². The lowest BCUT2D eigenvalue weighted by Gasteiger charge is -2.17. The number of carbonyl (C=O) groups excluding carboxylic acids is 3. The van der Waals surface area contributed by atoms with Crippen molar-refractivity contribution in [2.24, 2.45) is 11.8 Å². The number of rotatable bonds is 12. The SMILES string of the molecule is CCCCC(CC)COC(=O)OCC(CC)CCCC.O=C1C=CC(=O)C=C1. The standard InChI is InChI=1S/C17H34O3.C6H4O2/c1-5-9-11-15(7-3)13-19-17(18)20-14-16(8-4)12-10-6-2;7-5-1-2-6(8)4-3-5/h15-16H,5-14H2,1-4H3;1-4H. The van der Waals surface area contributed by atoms with Crippen LogP contribution in [0.1, 0.15) is 79.1 Å². The Bertz CT molecular complexity index is 447. The van der Waals surface area contributed by atoms with Crippen LogP contribution in [0.3, 0.4) is 0 Å². The van der Waals surface area contributed by atoms with Crippen LogP contribution >= 0.6 is 0 Å². The lowest BCUT2D eigenvalue weighted by atomic mass is 10.0. The zero-order chi connectivity index (χ0) is 21.2. The number of ketones is 2. The average molecular weight is 395 g/mol. The Morgan fingerprint density at radius 1 is 0.750 bits per heavy atom. The summed E-state index contributed by atoms with van der Waals surface area (Å²) in [4.78, 5) is 32.2. The fourth-order valence-corrected chi connectivity index (χ4v) is 2.65. The maximum atomic E-state index is 11.6. The summed E-state index contributed by atoms with van der Waals surface area (Å²) in [6.45, 7) is 9.66. The minimum absolute atomic E-state index is 0.121. The first-order valence-corrected chi connectivity index (χ1v) is 10.7. The van der Waals surface area contributed by atoms with Crippen molar-refractivity contribution in [2.75, 3.05) is 13.2 Å². The molecule has 0 N–H and O–H groups in total. The fraction of sp³-hybridized carbons (Fsp3) is 0.696. The molecule has 0 amide bonds. The molecule has 5 heteroatoms. The Morgan fingerprint density at radius 3 is 1.39 bits per heavy atom. The molecule has 0 saturated heterocycles. The molecular weight excluding hydrogens is 356 g/mol. The number of hydrogen-bond donors (Lipinski definition) is 0. The number of ether oxygens (including phenoxy) is 2. The van der Waals surface area contributed by atoms with Crippen molar-refractivity contribution in [1.29, 1.82) is 0 Å². The monoisotopic (exact) mass is 394 g/mol. The van der Waals surface area contributed by atoms with E-state index in [2.05, 4.69) is 27.7 Å². The van der Waals surface area contributed by atoms with Gasteiger partial charge in [-0.25, -0.2) is 4.79 Å². The first-order chi connectivity index (χ1) is 13.5. The van der Waals surface area contributed by atoms with Gasteiger partial charge in [-0.05, 0) is 49.0 Å². The van der Waals surface area contributed by atoms with E-state index < -0.39 is 6.16 Å². The smallest absolute Gasteiger partial charge is 0.434 e. The third-order valence-corrected chi connectivity index (χ3v) is 4.78. The fourth-order valence-electron chi connectivity index (χ4n) is 2.65. The van der Waals surface area contributed by atoms with E-state index in [9.17, 15) is 14.4 Å². The maximum Gasteiger partial charge on any atom is 0.508 e. The Morgan fingerprint density at radius 2 is 1.11 bits per heavy atom. The van der Waals surface area contributed by atoms with E-state index >= 15 is 0 Å². The van der Waals surface area contributed by atoms with Crippen molar-refractivity contribution in [3.63, 3.8) is 0 Å². The molecule has 0 spiro atoms. The van der Waals surface area contributed by atoms with Gasteiger partial charge in [0.2, 0.25) is 0 Å². The number of carbonyl (C=O) groups is 3. The third kappa shape index (κ3) is 14.2. The van der Waals surface area contributed by atoms with Gasteiger partial charge in [0.25, 0.3) is 0 Å². The highest BCUT2D eigenvalue weighted by Crippen LogP contribution is 2.15. The van der Waals surface area contributed by atoms with Crippen molar-refractivity contribution in [3.05, 3.63) is 24.3 Å². The van der Waals surface area contributed by atoms with E-state index in [1.807, 2.05) is 0 Å². The minimum atomic E-state index is -0.491. The van der Waals surface area contributed by atoms with Gasteiger partial charge in [-0.15, -0.1) is 0 Å². The van der Waals surface area contributed by atoms with Gasteiger partial charge in [-0.1, -0.05) is 66.2 Å². The van der Waals surface area contributed by atoms with Gasteiger partial charge in [-0.3, -0.25) is 9.59 Å². The number of hydrogen-bond acceptors (Lipinski definition) is 5. The molecule has 0 radical (unpaired) electrons. The van der Waals surface area contributed by atoms with E-state index in [0.717, 1.165) is 25.7 Å². The van der Waals surface area contributed by atoms with Gasteiger partial charge in [0.05, 0.1) is 13.2 Å². The predicted molar refractivity (Wildman–Crippen MR) is 112 cm³/mol. The molecule has 0 fully saturated rings. The van der Waals surface area contributed by atoms with Gasteiger partial charge >= 0.3 is 6.16 Å². The second-order valence-corrected chi connectivity index (χ2v) is 7.18. The maximum absolute atomic E-state index is 11.6. The number of unbranched alkanes of at least 4 members (excludes halogenated alkanes) is 2. The normalized spacial score (nSPS) is 14.9. The van der Waals surface area contributed by atoms with Gasteiger partial charge in [-0.2, -0.15) is 0 Å². The van der Waals surface area contributed by atoms with Crippen LogP contribution in [-0.4, -0.2) is 30.9 Å². The van der Waals surface area contributed by atoms with Crippen LogP contribution in [0.4, 0.5) is 4.79 Å². The van der Waals surface area contributed by atoms with Crippen LogP contribution < -0.4 is 0 Å². The van der Waals surface area contributed by atoms with Crippen molar-refractivity contribution in [2.45, 2.75) is 79.1 Å². The molecule has 160 valence electrons. The lowest BCUT2D eigenvalue weighted by molar-refractivity contribution is -0.113. The molecular formula is C23H38O5. The van der Waals surface area contributed by atoms with E-state index in [-0.39, 0.29) is 11.6 Å². The van der Waals surface area contributed by atoms with E-state index in [1.54, 1.807) is 0 Å². The van der Waals surface area contributed by atoms with Crippen molar-refractivity contribution in [3.8, 4) is 0 Å². The van der Waals surface area contributed by atoms with E-state index in [4.69, 9.17) is 9.47 Å². The lowest BCUT2D eigenvalue weighted by Crippen LogP contribution is -2.18. The minimum Gasteiger partial charge on any atom is -0.434 e. The van der Waals surface area contributed by atoms with Gasteiger partial charge in [0, 0.05) is 0 Å². The molecule has 0 bridgehead atoms. The molecule has 0 aromatic heterocycles. The summed E-state index contributed by atoms with van der Waals surface area (Å²) in [6.07, 6.45) is 13.7. The van der Waals surface area contributed by atoms with Crippen molar-refractivity contribution >= 4 is 17.7 Å². The summed E-state index contributed by atoms with van der Waals surface area (Å²) in [5, 5.41) is 0. The average Bonchev–Trinajstić information content (AvgIpc) is 2.71. The zero-order valence-electron chi connectivity index (χ0n) is 18.1. The highest BCUT2D eigenvalue weighted by molar-refractivity contribution is 6.14. The Labute approximate surface area is 170 Å². The Hall–Kier alpha value is -1.91. The first kappa shape index (κ1) is 26.1. The molecule has 0 heterocycles. The molecule has 0 aliphatic heterocycles. The molecule has 0 aromatic carbocycles. The summed E-state index contributed by atoms with van der Waals surface area (Å²) in [6, 6.07) is 0. The Kier molecular flexibility index (Phi) is 16.0. The van der Waals surface area contributed by atoms with Crippen LogP contribution in [0.2, 0.25) is 0 Å². The Balaban J connectivity index is 0.000000749. The van der Waals surface area contributed by atoms with Crippen LogP contribution in [0, 0.1) is 11.8 Å². The molecule has 2 atom stereocenters. The number of allylic oxidation sites excluding steroid dienone is 4. The van der Waals surface area contributed by atoms with Crippen molar-refractivity contribution in [1.82, 2.24) is 0 Å². The van der Waals surface area contributed by atoms with Crippen LogP contribution in [0.5, 0.6) is 0 Å². The molecule has 1 aliphatic carbocycles. The molecule has 1 aliphatic rings. The third-order valence-electron chi connectivity index (χ3n) is 4.78. The quantitative estimate of drug-likeness (QED) is 0.308. The van der Waals surface area contributed by atoms with Crippen LogP contribution in [0.15, 0.2) is 24.3 Å². The first-order valence-electron chi connectivity index (χ1n) is 10.7. The molecule has 0 aromatic rings. The largest absolute Gasteiger partial charge is 0.508 e.